The predicted octanol–water partition coefficient (Wildman–Crippen LogP) is 2.80. The van der Waals surface area contributed by atoms with Crippen LogP contribution in [0.4, 0.5) is 0 Å². The largest absolute Gasteiger partial charge is 0.481 e. The second kappa shape index (κ2) is 4.42. The van der Waals surface area contributed by atoms with Gasteiger partial charge in [-0.25, -0.2) is 0 Å². The molecule has 0 heterocycles. The van der Waals surface area contributed by atoms with Crippen molar-refractivity contribution in [3.8, 4) is 0 Å². The lowest BCUT2D eigenvalue weighted by molar-refractivity contribution is 0.402. The van der Waals surface area contributed by atoms with Crippen molar-refractivity contribution in [2.24, 2.45) is 5.41 Å². The number of methoxy groups -OCH3 is 1. The molecular weight excluding hydrogens is 188 g/mol. The van der Waals surface area contributed by atoms with E-state index in [1.807, 2.05) is 20.8 Å². The summed E-state index contributed by atoms with van der Waals surface area (Å²) in [4.78, 5) is 0. The summed E-state index contributed by atoms with van der Waals surface area (Å²) in [7, 11) is 1.41. The summed E-state index contributed by atoms with van der Waals surface area (Å²) in [5.41, 5.74) is 0.352. The Labute approximate surface area is 83.8 Å². The molecule has 0 saturated carbocycles. The Bertz CT molecular complexity index is 251. The Morgan fingerprint density at radius 1 is 1.31 bits per heavy atom. The van der Waals surface area contributed by atoms with Gasteiger partial charge in [0, 0.05) is 6.08 Å². The van der Waals surface area contributed by atoms with E-state index in [0.717, 1.165) is 0 Å². The van der Waals surface area contributed by atoms with Crippen LogP contribution in [0.2, 0.25) is 0 Å². The normalized spacial score (nSPS) is 12.5. The van der Waals surface area contributed by atoms with Crippen molar-refractivity contribution in [2.75, 3.05) is 7.11 Å². The molecule has 0 saturated heterocycles. The number of nitrogens with one attached hydrogen (secondary N) is 2. The molecule has 0 unspecified atom stereocenters. The van der Waals surface area contributed by atoms with Gasteiger partial charge >= 0.3 is 0 Å². The van der Waals surface area contributed by atoms with Gasteiger partial charge in [-0.2, -0.15) is 0 Å². The third-order valence-corrected chi connectivity index (χ3v) is 1.74. The topological polar surface area (TPSA) is 56.9 Å². The van der Waals surface area contributed by atoms with Crippen LogP contribution in [0.5, 0.6) is 0 Å². The summed E-state index contributed by atoms with van der Waals surface area (Å²) in [6, 6.07) is 0. The summed E-state index contributed by atoms with van der Waals surface area (Å²) < 4.78 is 4.68. The van der Waals surface area contributed by atoms with E-state index in [1.165, 1.54) is 13.2 Å². The van der Waals surface area contributed by atoms with Gasteiger partial charge in [0.05, 0.1) is 7.11 Å². The molecule has 0 aliphatic heterocycles. The van der Waals surface area contributed by atoms with E-state index in [9.17, 15) is 0 Å². The summed E-state index contributed by atoms with van der Waals surface area (Å²) >= 11 is 5.59. The standard InChI is InChI=1S/C9H15ClN2O/c1-9(2,3)6(8(10)12)5-7(11)13-4/h5,11-12H,1-4H3/b6-5+,11-7?,12-8?. The average Bonchev–Trinajstić information content (AvgIpc) is 1.96. The second-order valence-corrected chi connectivity index (χ2v) is 4.07. The van der Waals surface area contributed by atoms with Gasteiger partial charge < -0.3 is 4.74 Å². The van der Waals surface area contributed by atoms with E-state index in [0.29, 0.717) is 5.57 Å². The van der Waals surface area contributed by atoms with Gasteiger partial charge in [0.1, 0.15) is 5.17 Å². The second-order valence-electron chi connectivity index (χ2n) is 3.69. The number of halogens is 1. The van der Waals surface area contributed by atoms with Crippen molar-refractivity contribution >= 4 is 22.7 Å². The first-order chi connectivity index (χ1) is 5.79. The monoisotopic (exact) mass is 202 g/mol. The van der Waals surface area contributed by atoms with Gasteiger partial charge in [-0.1, -0.05) is 32.4 Å². The maximum Gasteiger partial charge on any atom is 0.205 e. The third-order valence-electron chi connectivity index (χ3n) is 1.54. The van der Waals surface area contributed by atoms with Crippen LogP contribution in [0, 0.1) is 16.2 Å². The maximum atomic E-state index is 7.32. The van der Waals surface area contributed by atoms with Crippen LogP contribution in [-0.4, -0.2) is 18.2 Å². The number of ether oxygens (including phenoxy) is 1. The highest BCUT2D eigenvalue weighted by atomic mass is 35.5. The van der Waals surface area contributed by atoms with Crippen molar-refractivity contribution in [3.05, 3.63) is 11.6 Å². The van der Waals surface area contributed by atoms with Gasteiger partial charge in [-0.3, -0.25) is 10.8 Å². The highest BCUT2D eigenvalue weighted by molar-refractivity contribution is 6.69. The first kappa shape index (κ1) is 12.2. The molecule has 0 amide bonds. The zero-order chi connectivity index (χ0) is 10.6. The molecule has 0 fully saturated rings. The summed E-state index contributed by atoms with van der Waals surface area (Å²) in [5.74, 6) is 0.00956. The minimum absolute atomic E-state index is 0.00956. The zero-order valence-corrected chi connectivity index (χ0v) is 9.12. The first-order valence-corrected chi connectivity index (χ1v) is 4.26. The lowest BCUT2D eigenvalue weighted by Gasteiger charge is -2.21. The van der Waals surface area contributed by atoms with Crippen LogP contribution in [0.15, 0.2) is 11.6 Å². The van der Waals surface area contributed by atoms with Gasteiger partial charge in [-0.15, -0.1) is 0 Å². The molecule has 2 N–H and O–H groups in total. The summed E-state index contributed by atoms with van der Waals surface area (Å²) in [6.07, 6.45) is 1.47. The summed E-state index contributed by atoms with van der Waals surface area (Å²) in [5, 5.41) is 14.6. The quantitative estimate of drug-likeness (QED) is 0.525. The highest BCUT2D eigenvalue weighted by Crippen LogP contribution is 2.27. The Morgan fingerprint density at radius 3 is 2.00 bits per heavy atom. The highest BCUT2D eigenvalue weighted by Gasteiger charge is 2.20. The first-order valence-electron chi connectivity index (χ1n) is 3.88. The molecule has 0 bridgehead atoms. The van der Waals surface area contributed by atoms with Crippen molar-refractivity contribution in [3.63, 3.8) is 0 Å². The van der Waals surface area contributed by atoms with Crippen molar-refractivity contribution in [1.82, 2.24) is 0 Å². The van der Waals surface area contributed by atoms with Gasteiger partial charge in [0.2, 0.25) is 5.90 Å². The lowest BCUT2D eigenvalue weighted by Crippen LogP contribution is -2.16. The minimum atomic E-state index is -0.246. The van der Waals surface area contributed by atoms with Crippen molar-refractivity contribution in [2.45, 2.75) is 20.8 Å². The smallest absolute Gasteiger partial charge is 0.205 e. The minimum Gasteiger partial charge on any atom is -0.481 e. The Morgan fingerprint density at radius 2 is 1.77 bits per heavy atom. The predicted molar refractivity (Wildman–Crippen MR) is 55.9 cm³/mol. The maximum absolute atomic E-state index is 7.32. The Balaban J connectivity index is 4.93. The van der Waals surface area contributed by atoms with Crippen LogP contribution in [0.3, 0.4) is 0 Å². The van der Waals surface area contributed by atoms with Gasteiger partial charge in [0.15, 0.2) is 0 Å². The summed E-state index contributed by atoms with van der Waals surface area (Å²) in [6.45, 7) is 5.79. The van der Waals surface area contributed by atoms with Crippen LogP contribution >= 0.6 is 11.6 Å². The van der Waals surface area contributed by atoms with E-state index in [1.54, 1.807) is 0 Å². The number of hydrogen-bond acceptors (Lipinski definition) is 3. The van der Waals surface area contributed by atoms with E-state index in [2.05, 4.69) is 4.74 Å². The SMILES string of the molecule is COC(=N)/C=C(\C(=N)Cl)C(C)(C)C. The molecule has 0 aromatic carbocycles. The molecular formula is C9H15ClN2O. The molecule has 0 aromatic rings. The average molecular weight is 203 g/mol. The van der Waals surface area contributed by atoms with Gasteiger partial charge in [0.25, 0.3) is 0 Å². The van der Waals surface area contributed by atoms with Crippen molar-refractivity contribution in [1.29, 1.82) is 10.8 Å². The molecule has 0 spiro atoms. The molecule has 0 rings (SSSR count). The van der Waals surface area contributed by atoms with E-state index < -0.39 is 0 Å². The van der Waals surface area contributed by atoms with Crippen LogP contribution in [-0.2, 0) is 4.74 Å². The van der Waals surface area contributed by atoms with Crippen LogP contribution < -0.4 is 0 Å². The number of allylic oxidation sites excluding steroid dienone is 1. The number of rotatable bonds is 2. The molecule has 13 heavy (non-hydrogen) atoms. The molecule has 4 heteroatoms. The fourth-order valence-corrected chi connectivity index (χ4v) is 1.14. The molecule has 0 radical (unpaired) electrons. The zero-order valence-electron chi connectivity index (χ0n) is 8.36. The Hall–Kier alpha value is -0.830. The fraction of sp³-hybridized carbons (Fsp3) is 0.556. The molecule has 74 valence electrons. The van der Waals surface area contributed by atoms with E-state index in [-0.39, 0.29) is 16.5 Å². The molecule has 0 aliphatic rings. The molecule has 3 nitrogen and oxygen atoms in total. The lowest BCUT2D eigenvalue weighted by atomic mass is 9.87. The van der Waals surface area contributed by atoms with E-state index in [4.69, 9.17) is 22.4 Å². The van der Waals surface area contributed by atoms with Crippen molar-refractivity contribution < 1.29 is 4.74 Å². The fourth-order valence-electron chi connectivity index (χ4n) is 0.799. The Kier molecular flexibility index (Phi) is 4.14. The van der Waals surface area contributed by atoms with Crippen LogP contribution in [0.1, 0.15) is 20.8 Å². The number of hydrogen-bond donors (Lipinski definition) is 2. The molecule has 0 aliphatic carbocycles. The van der Waals surface area contributed by atoms with Crippen LogP contribution in [0.25, 0.3) is 0 Å². The molecule has 0 aromatic heterocycles. The third kappa shape index (κ3) is 4.08. The van der Waals surface area contributed by atoms with Gasteiger partial charge in [-0.05, 0) is 11.0 Å². The van der Waals surface area contributed by atoms with E-state index >= 15 is 0 Å². The molecule has 0 atom stereocenters.